The summed E-state index contributed by atoms with van der Waals surface area (Å²) in [5, 5.41) is 5.59. The minimum atomic E-state index is 0.258. The van der Waals surface area contributed by atoms with E-state index in [4.69, 9.17) is 14.5 Å². The highest BCUT2D eigenvalue weighted by Crippen LogP contribution is 2.29. The molecule has 0 atom stereocenters. The Morgan fingerprint density at radius 1 is 1.07 bits per heavy atom. The molecule has 0 fully saturated rings. The van der Waals surface area contributed by atoms with E-state index in [1.807, 2.05) is 24.3 Å². The summed E-state index contributed by atoms with van der Waals surface area (Å²) in [7, 11) is 1.63. The normalized spacial score (nSPS) is 11.6. The van der Waals surface area contributed by atoms with Gasteiger partial charge in [-0.05, 0) is 37.5 Å². The number of methoxy groups -OCH3 is 1. The van der Waals surface area contributed by atoms with Gasteiger partial charge in [-0.1, -0.05) is 26.0 Å². The minimum Gasteiger partial charge on any atom is -0.493 e. The molecule has 0 aliphatic heterocycles. The minimum absolute atomic E-state index is 0.258. The molecular weight excluding hydrogens is 354 g/mol. The third-order valence-corrected chi connectivity index (χ3v) is 4.96. The van der Waals surface area contributed by atoms with Crippen LogP contribution in [0.25, 0.3) is 16.7 Å². The van der Waals surface area contributed by atoms with E-state index in [2.05, 4.69) is 42.3 Å². The monoisotopic (exact) mass is 379 g/mol. The maximum atomic E-state index is 5.88. The van der Waals surface area contributed by atoms with Crippen molar-refractivity contribution in [3.05, 3.63) is 47.7 Å². The van der Waals surface area contributed by atoms with Crippen LogP contribution in [0, 0.1) is 19.8 Å². The molecule has 4 aromatic rings. The Balaban J connectivity index is 1.72. The van der Waals surface area contributed by atoms with Crippen molar-refractivity contribution in [1.82, 2.24) is 24.1 Å². The van der Waals surface area contributed by atoms with Crippen molar-refractivity contribution in [2.45, 2.75) is 40.8 Å². The van der Waals surface area contributed by atoms with Crippen LogP contribution >= 0.6 is 0 Å². The van der Waals surface area contributed by atoms with Gasteiger partial charge in [0.15, 0.2) is 23.0 Å². The zero-order chi connectivity index (χ0) is 19.8. The summed E-state index contributed by atoms with van der Waals surface area (Å²) in [5.41, 5.74) is 4.19. The summed E-state index contributed by atoms with van der Waals surface area (Å²) in [4.78, 5) is 9.40. The second-order valence-electron chi connectivity index (χ2n) is 7.39. The van der Waals surface area contributed by atoms with E-state index < -0.39 is 0 Å². The predicted molar refractivity (Wildman–Crippen MR) is 108 cm³/mol. The van der Waals surface area contributed by atoms with Gasteiger partial charge >= 0.3 is 0 Å². The molecule has 0 aliphatic carbocycles. The third kappa shape index (κ3) is 3.06. The number of aromatic nitrogens is 5. The number of rotatable bonds is 6. The van der Waals surface area contributed by atoms with Crippen molar-refractivity contribution in [3.63, 3.8) is 0 Å². The average Bonchev–Trinajstić information content (AvgIpc) is 3.20. The first-order valence-electron chi connectivity index (χ1n) is 9.45. The molecule has 28 heavy (non-hydrogen) atoms. The highest BCUT2D eigenvalue weighted by Gasteiger charge is 2.18. The van der Waals surface area contributed by atoms with E-state index in [-0.39, 0.29) is 6.61 Å². The van der Waals surface area contributed by atoms with Crippen molar-refractivity contribution in [3.8, 4) is 11.5 Å². The molecule has 0 N–H and O–H groups in total. The Hall–Kier alpha value is -3.09. The Labute approximate surface area is 163 Å². The lowest BCUT2D eigenvalue weighted by atomic mass is 10.2. The molecule has 0 bridgehead atoms. The Kier molecular flexibility index (Phi) is 4.66. The van der Waals surface area contributed by atoms with Gasteiger partial charge in [0.2, 0.25) is 0 Å². The van der Waals surface area contributed by atoms with Crippen LogP contribution < -0.4 is 9.47 Å². The van der Waals surface area contributed by atoms with Gasteiger partial charge < -0.3 is 14.0 Å². The number of nitrogens with zero attached hydrogens (tertiary/aromatic N) is 5. The van der Waals surface area contributed by atoms with Gasteiger partial charge in [0, 0.05) is 12.2 Å². The van der Waals surface area contributed by atoms with Gasteiger partial charge in [-0.25, -0.2) is 14.5 Å². The first-order chi connectivity index (χ1) is 13.5. The van der Waals surface area contributed by atoms with E-state index in [0.717, 1.165) is 23.2 Å². The molecule has 146 valence electrons. The number of hydrogen-bond donors (Lipinski definition) is 0. The summed E-state index contributed by atoms with van der Waals surface area (Å²) in [6.45, 7) is 9.87. The fraction of sp³-hybridized carbons (Fsp3) is 0.381. The van der Waals surface area contributed by atoms with Gasteiger partial charge in [0.1, 0.15) is 18.6 Å². The van der Waals surface area contributed by atoms with Crippen LogP contribution in [0.2, 0.25) is 0 Å². The van der Waals surface area contributed by atoms with Crippen LogP contribution in [-0.2, 0) is 13.2 Å². The zero-order valence-electron chi connectivity index (χ0n) is 16.9. The summed E-state index contributed by atoms with van der Waals surface area (Å²) < 4.78 is 15.2. The summed E-state index contributed by atoms with van der Waals surface area (Å²) >= 11 is 0. The van der Waals surface area contributed by atoms with Crippen LogP contribution in [0.15, 0.2) is 30.6 Å². The molecule has 0 aliphatic rings. The van der Waals surface area contributed by atoms with Crippen molar-refractivity contribution in [1.29, 1.82) is 0 Å². The Bertz CT molecular complexity index is 1140. The number of aryl methyl sites for hydroxylation is 1. The van der Waals surface area contributed by atoms with Crippen LogP contribution in [-0.4, -0.2) is 31.3 Å². The summed E-state index contributed by atoms with van der Waals surface area (Å²) in [5.74, 6) is 2.50. The molecule has 7 heteroatoms. The van der Waals surface area contributed by atoms with E-state index >= 15 is 0 Å². The molecule has 1 aromatic carbocycles. The fourth-order valence-corrected chi connectivity index (χ4v) is 3.50. The molecule has 0 saturated heterocycles. The van der Waals surface area contributed by atoms with Gasteiger partial charge in [0.25, 0.3) is 0 Å². The lowest BCUT2D eigenvalue weighted by Gasteiger charge is -2.10. The molecule has 0 unspecified atom stereocenters. The van der Waals surface area contributed by atoms with Gasteiger partial charge in [-0.2, -0.15) is 0 Å². The molecule has 0 amide bonds. The molecule has 0 saturated carbocycles. The highest BCUT2D eigenvalue weighted by molar-refractivity contribution is 5.93. The smallest absolute Gasteiger partial charge is 0.189 e. The van der Waals surface area contributed by atoms with Crippen LogP contribution in [0.3, 0.4) is 0 Å². The molecule has 7 nitrogen and oxygen atoms in total. The van der Waals surface area contributed by atoms with Crippen molar-refractivity contribution >= 4 is 16.7 Å². The van der Waals surface area contributed by atoms with Gasteiger partial charge in [0.05, 0.1) is 12.5 Å². The molecule has 3 heterocycles. The number of fused-ring (bicyclic) bond motifs is 3. The second-order valence-corrected chi connectivity index (χ2v) is 7.39. The van der Waals surface area contributed by atoms with Crippen LogP contribution in [0.4, 0.5) is 0 Å². The standard InChI is InChI=1S/C21H25N5O2/c1-13(2)10-25-15(4)14(3)19-20(25)22-12-26-21(19)23-18(24-26)11-28-17-9-7-6-8-16(17)27-5/h6-9,12-13H,10-11H2,1-5H3. The summed E-state index contributed by atoms with van der Waals surface area (Å²) in [6, 6.07) is 7.55. The van der Waals surface area contributed by atoms with Crippen molar-refractivity contribution in [2.75, 3.05) is 7.11 Å². The molecular formula is C21H25N5O2. The maximum absolute atomic E-state index is 5.88. The lowest BCUT2D eigenvalue weighted by Crippen LogP contribution is -2.07. The average molecular weight is 379 g/mol. The number of hydrogen-bond acceptors (Lipinski definition) is 5. The van der Waals surface area contributed by atoms with E-state index in [0.29, 0.717) is 23.2 Å². The number of para-hydroxylation sites is 2. The number of benzene rings is 1. The van der Waals surface area contributed by atoms with E-state index in [9.17, 15) is 0 Å². The topological polar surface area (TPSA) is 66.5 Å². The first-order valence-corrected chi connectivity index (χ1v) is 9.45. The van der Waals surface area contributed by atoms with E-state index in [1.165, 1.54) is 11.3 Å². The quantitative estimate of drug-likeness (QED) is 0.508. The molecule has 0 radical (unpaired) electrons. The second kappa shape index (κ2) is 7.14. The van der Waals surface area contributed by atoms with Crippen molar-refractivity contribution < 1.29 is 9.47 Å². The van der Waals surface area contributed by atoms with Gasteiger partial charge in [-0.3, -0.25) is 0 Å². The van der Waals surface area contributed by atoms with Gasteiger partial charge in [-0.15, -0.1) is 5.10 Å². The van der Waals surface area contributed by atoms with Crippen LogP contribution in [0.5, 0.6) is 11.5 Å². The van der Waals surface area contributed by atoms with Crippen molar-refractivity contribution in [2.24, 2.45) is 5.92 Å². The molecule has 4 rings (SSSR count). The Morgan fingerprint density at radius 3 is 2.54 bits per heavy atom. The maximum Gasteiger partial charge on any atom is 0.189 e. The SMILES string of the molecule is COc1ccccc1OCc1nc2c3c(C)c(C)n(CC(C)C)c3ncn2n1. The number of ether oxygens (including phenoxy) is 2. The first kappa shape index (κ1) is 18.3. The molecule has 3 aromatic heterocycles. The lowest BCUT2D eigenvalue weighted by molar-refractivity contribution is 0.276. The van der Waals surface area contributed by atoms with Crippen LogP contribution in [0.1, 0.15) is 30.9 Å². The fourth-order valence-electron chi connectivity index (χ4n) is 3.50. The summed E-state index contributed by atoms with van der Waals surface area (Å²) in [6.07, 6.45) is 1.73. The van der Waals surface area contributed by atoms with E-state index in [1.54, 1.807) is 18.0 Å². The highest BCUT2D eigenvalue weighted by atomic mass is 16.5. The molecule has 0 spiro atoms. The Morgan fingerprint density at radius 2 is 1.82 bits per heavy atom. The largest absolute Gasteiger partial charge is 0.493 e. The predicted octanol–water partition coefficient (Wildman–Crippen LogP) is 3.94. The third-order valence-electron chi connectivity index (χ3n) is 4.96. The zero-order valence-corrected chi connectivity index (χ0v) is 16.9.